The summed E-state index contributed by atoms with van der Waals surface area (Å²) in [5.74, 6) is 3.85. The first-order chi connectivity index (χ1) is 5.57. The van der Waals surface area contributed by atoms with Gasteiger partial charge in [-0.15, -0.1) is 0 Å². The minimum absolute atomic E-state index is 0.175. The van der Waals surface area contributed by atoms with Crippen molar-refractivity contribution in [3.05, 3.63) is 0 Å². The lowest BCUT2D eigenvalue weighted by molar-refractivity contribution is -0.119. The lowest BCUT2D eigenvalue weighted by atomic mass is 10.1. The molecule has 0 saturated carbocycles. The van der Waals surface area contributed by atoms with E-state index < -0.39 is 11.8 Å². The normalized spacial score (nSPS) is 12.2. The molecule has 0 aromatic carbocycles. The number of Topliss-reactive ketones (excluding diaryl/α,β-unsaturated/α-hetero) is 1. The van der Waals surface area contributed by atoms with Crippen LogP contribution in [0.15, 0.2) is 0 Å². The Morgan fingerprint density at radius 2 is 2.25 bits per heavy atom. The molecule has 0 bridgehead atoms. The van der Waals surface area contributed by atoms with E-state index in [0.29, 0.717) is 6.42 Å². The highest BCUT2D eigenvalue weighted by atomic mass is 16.6. The highest BCUT2D eigenvalue weighted by Crippen LogP contribution is 1.93. The van der Waals surface area contributed by atoms with Gasteiger partial charge in [-0.1, -0.05) is 0 Å². The summed E-state index contributed by atoms with van der Waals surface area (Å²) in [6.07, 6.45) is 0.328. The van der Waals surface area contributed by atoms with Crippen molar-refractivity contribution >= 4 is 19.4 Å². The monoisotopic (exact) mass is 170 g/mol. The molecule has 0 aliphatic rings. The number of rotatable bonds is 5. The van der Waals surface area contributed by atoms with Gasteiger partial charge in [0.25, 0.3) is 0 Å². The van der Waals surface area contributed by atoms with Crippen LogP contribution in [0.4, 0.5) is 4.79 Å². The number of hydrogen-bond acceptors (Lipinski definition) is 4. The zero-order valence-electron chi connectivity index (χ0n) is 6.87. The smallest absolute Gasteiger partial charge is 0.200 e. The highest BCUT2D eigenvalue weighted by Gasteiger charge is 2.13. The number of carbonyl (C=O) groups is 2. The van der Waals surface area contributed by atoms with Crippen LogP contribution < -0.4 is 11.2 Å². The molecule has 0 aromatic heterocycles. The molecule has 0 aliphatic heterocycles. The Balaban J connectivity index is 3.87. The predicted molar refractivity (Wildman–Crippen MR) is 43.5 cm³/mol. The van der Waals surface area contributed by atoms with Gasteiger partial charge in [0.15, 0.2) is 11.6 Å². The molecule has 2 radical (unpaired) electrons. The van der Waals surface area contributed by atoms with Crippen molar-refractivity contribution in [1.29, 1.82) is 0 Å². The van der Waals surface area contributed by atoms with Crippen LogP contribution in [0.1, 0.15) is 13.3 Å². The standard InChI is InChI=1S/C6H11BN2O3/c1-4(10)5(2-3-12-8)9-6(7)11/h5H,2-3,8H2,1H3,(H,9,11). The number of carbonyl (C=O) groups excluding carboxylic acids is 2. The van der Waals surface area contributed by atoms with Crippen molar-refractivity contribution in [2.45, 2.75) is 19.4 Å². The number of nitrogens with two attached hydrogens (primary N) is 1. The van der Waals surface area contributed by atoms with Gasteiger partial charge in [-0.2, -0.15) is 0 Å². The zero-order chi connectivity index (χ0) is 9.56. The lowest BCUT2D eigenvalue weighted by Crippen LogP contribution is -2.40. The summed E-state index contributed by atoms with van der Waals surface area (Å²) in [6.45, 7) is 1.56. The molecule has 1 unspecified atom stereocenters. The van der Waals surface area contributed by atoms with Crippen LogP contribution in [0.3, 0.4) is 0 Å². The molecule has 0 saturated heterocycles. The molecule has 0 spiro atoms. The van der Waals surface area contributed by atoms with E-state index in [1.165, 1.54) is 6.92 Å². The van der Waals surface area contributed by atoms with Gasteiger partial charge >= 0.3 is 0 Å². The third-order valence-electron chi connectivity index (χ3n) is 1.33. The molecule has 1 amide bonds. The molecule has 0 fully saturated rings. The van der Waals surface area contributed by atoms with Gasteiger partial charge in [-0.3, -0.25) is 9.59 Å². The van der Waals surface area contributed by atoms with E-state index in [9.17, 15) is 9.59 Å². The van der Waals surface area contributed by atoms with Gasteiger partial charge in [-0.05, 0) is 13.3 Å². The van der Waals surface area contributed by atoms with Gasteiger partial charge in [-0.25, -0.2) is 5.90 Å². The number of nitrogens with one attached hydrogen (secondary N) is 1. The Morgan fingerprint density at radius 3 is 2.58 bits per heavy atom. The Kier molecular flexibility index (Phi) is 5.32. The molecule has 0 aromatic rings. The molecule has 5 nitrogen and oxygen atoms in total. The first-order valence-electron chi connectivity index (χ1n) is 3.46. The summed E-state index contributed by atoms with van der Waals surface area (Å²) in [7, 11) is 4.83. The van der Waals surface area contributed by atoms with Gasteiger partial charge in [0, 0.05) is 0 Å². The lowest BCUT2D eigenvalue weighted by Gasteiger charge is -2.13. The third-order valence-corrected chi connectivity index (χ3v) is 1.33. The van der Waals surface area contributed by atoms with E-state index in [1.54, 1.807) is 0 Å². The molecule has 12 heavy (non-hydrogen) atoms. The summed E-state index contributed by atoms with van der Waals surface area (Å²) >= 11 is 0. The second kappa shape index (κ2) is 5.73. The van der Waals surface area contributed by atoms with Crippen LogP contribution in [0.25, 0.3) is 0 Å². The van der Waals surface area contributed by atoms with Crippen molar-refractivity contribution < 1.29 is 14.4 Å². The quantitative estimate of drug-likeness (QED) is 0.413. The molecular weight excluding hydrogens is 159 g/mol. The molecular formula is C6H11BN2O3. The van der Waals surface area contributed by atoms with Crippen molar-refractivity contribution in [2.24, 2.45) is 5.90 Å². The SMILES string of the molecule is [B]C(=O)NC(CCON)C(C)=O. The van der Waals surface area contributed by atoms with E-state index in [2.05, 4.69) is 10.2 Å². The Hall–Kier alpha value is -0.875. The molecule has 66 valence electrons. The van der Waals surface area contributed by atoms with Gasteiger partial charge in [0.1, 0.15) is 0 Å². The van der Waals surface area contributed by atoms with E-state index in [0.717, 1.165) is 0 Å². The van der Waals surface area contributed by atoms with Gasteiger partial charge < -0.3 is 10.2 Å². The fourth-order valence-corrected chi connectivity index (χ4v) is 0.735. The van der Waals surface area contributed by atoms with Gasteiger partial charge in [0.2, 0.25) is 7.85 Å². The molecule has 3 N–H and O–H groups in total. The van der Waals surface area contributed by atoms with E-state index in [-0.39, 0.29) is 12.4 Å². The Bertz CT molecular complexity index is 174. The molecule has 0 rings (SSSR count). The van der Waals surface area contributed by atoms with E-state index in [1.807, 2.05) is 0 Å². The topological polar surface area (TPSA) is 81.4 Å². The van der Waals surface area contributed by atoms with E-state index >= 15 is 0 Å². The molecule has 6 heteroatoms. The average Bonchev–Trinajstić information content (AvgIpc) is 1.96. The van der Waals surface area contributed by atoms with Crippen LogP contribution in [0.5, 0.6) is 0 Å². The van der Waals surface area contributed by atoms with Crippen LogP contribution in [0.2, 0.25) is 0 Å². The average molecular weight is 170 g/mol. The minimum Gasteiger partial charge on any atom is -0.356 e. The zero-order valence-corrected chi connectivity index (χ0v) is 6.87. The summed E-state index contributed by atoms with van der Waals surface area (Å²) < 4.78 is 0. The molecule has 1 atom stereocenters. The van der Waals surface area contributed by atoms with Gasteiger partial charge in [0.05, 0.1) is 12.6 Å². The van der Waals surface area contributed by atoms with Crippen LogP contribution >= 0.6 is 0 Å². The van der Waals surface area contributed by atoms with Crippen LogP contribution in [-0.4, -0.2) is 32.1 Å². The summed E-state index contributed by atoms with van der Waals surface area (Å²) in [4.78, 5) is 25.4. The maximum Gasteiger partial charge on any atom is 0.200 e. The minimum atomic E-state index is -0.729. The Morgan fingerprint density at radius 1 is 1.67 bits per heavy atom. The summed E-state index contributed by atoms with van der Waals surface area (Å²) in [5, 5.41) is 2.27. The maximum atomic E-state index is 10.8. The largest absolute Gasteiger partial charge is 0.356 e. The van der Waals surface area contributed by atoms with Crippen LogP contribution in [0, 0.1) is 0 Å². The number of ketones is 1. The first kappa shape index (κ1) is 11.1. The number of hydrogen-bond donors (Lipinski definition) is 2. The second-order valence-corrected chi connectivity index (χ2v) is 2.33. The van der Waals surface area contributed by atoms with Crippen molar-refractivity contribution in [3.8, 4) is 0 Å². The Labute approximate surface area is 72.0 Å². The molecule has 0 aliphatic carbocycles. The maximum absolute atomic E-state index is 10.8. The van der Waals surface area contributed by atoms with E-state index in [4.69, 9.17) is 13.7 Å². The predicted octanol–water partition coefficient (Wildman–Crippen LogP) is -0.898. The fourth-order valence-electron chi connectivity index (χ4n) is 0.735. The van der Waals surface area contributed by atoms with Crippen molar-refractivity contribution in [2.75, 3.05) is 6.61 Å². The van der Waals surface area contributed by atoms with Crippen molar-refractivity contribution in [3.63, 3.8) is 0 Å². The fraction of sp³-hybridized carbons (Fsp3) is 0.667. The third kappa shape index (κ3) is 4.87. The first-order valence-corrected chi connectivity index (χ1v) is 3.46. The summed E-state index contributed by atoms with van der Waals surface area (Å²) in [6, 6.07) is -0.606. The van der Waals surface area contributed by atoms with Crippen molar-refractivity contribution in [1.82, 2.24) is 5.32 Å². The second-order valence-electron chi connectivity index (χ2n) is 2.33. The molecule has 0 heterocycles. The summed E-state index contributed by atoms with van der Waals surface area (Å²) in [5.41, 5.74) is 0. The van der Waals surface area contributed by atoms with Crippen LogP contribution in [-0.2, 0) is 9.63 Å². The number of amides is 1. The highest BCUT2D eigenvalue weighted by molar-refractivity contribution is 6.57.